The quantitative estimate of drug-likeness (QED) is 0.777. The van der Waals surface area contributed by atoms with Crippen molar-refractivity contribution in [1.82, 2.24) is 4.90 Å². The molecule has 0 fully saturated rings. The van der Waals surface area contributed by atoms with Gasteiger partial charge in [-0.15, -0.1) is 0 Å². The Labute approximate surface area is 117 Å². The first-order chi connectivity index (χ1) is 9.50. The second-order valence-corrected chi connectivity index (χ2v) is 6.22. The van der Waals surface area contributed by atoms with E-state index in [0.717, 1.165) is 28.8 Å². The van der Waals surface area contributed by atoms with E-state index in [-0.39, 0.29) is 17.7 Å². The van der Waals surface area contributed by atoms with Crippen LogP contribution >= 0.6 is 0 Å². The lowest BCUT2D eigenvalue weighted by Crippen LogP contribution is -2.48. The summed E-state index contributed by atoms with van der Waals surface area (Å²) in [6.07, 6.45) is 2.50. The number of anilines is 1. The maximum absolute atomic E-state index is 12.4. The van der Waals surface area contributed by atoms with Crippen molar-refractivity contribution in [2.45, 2.75) is 24.8 Å². The van der Waals surface area contributed by atoms with E-state index in [1.165, 1.54) is 0 Å². The topological polar surface area (TPSA) is 49.4 Å². The molecule has 4 nitrogen and oxygen atoms in total. The van der Waals surface area contributed by atoms with E-state index in [0.29, 0.717) is 6.54 Å². The molecule has 0 saturated carbocycles. The Morgan fingerprint density at radius 3 is 2.95 bits per heavy atom. The fraction of sp³-hybridized carbons (Fsp3) is 0.375. The van der Waals surface area contributed by atoms with Gasteiger partial charge in [0, 0.05) is 11.7 Å². The second-order valence-electron chi connectivity index (χ2n) is 6.22. The molecular weight excluding hydrogens is 252 g/mol. The van der Waals surface area contributed by atoms with Crippen molar-refractivity contribution in [3.05, 3.63) is 35.4 Å². The van der Waals surface area contributed by atoms with Crippen molar-refractivity contribution in [1.29, 1.82) is 0 Å². The van der Waals surface area contributed by atoms with Crippen LogP contribution in [0.15, 0.2) is 24.3 Å². The number of rotatable bonds is 0. The summed E-state index contributed by atoms with van der Waals surface area (Å²) in [6, 6.07) is 6.06. The number of amides is 1. The van der Waals surface area contributed by atoms with Crippen LogP contribution in [0, 0.1) is 0 Å². The summed E-state index contributed by atoms with van der Waals surface area (Å²) >= 11 is 0. The molecule has 1 N–H and O–H groups in total. The highest BCUT2D eigenvalue weighted by atomic mass is 16.2. The zero-order valence-electron chi connectivity index (χ0n) is 11.6. The molecule has 2 aliphatic heterocycles. The molecule has 0 unspecified atom stereocenters. The molecule has 1 amide bonds. The van der Waals surface area contributed by atoms with E-state index < -0.39 is 5.41 Å². The largest absolute Gasteiger partial charge is 0.325 e. The van der Waals surface area contributed by atoms with Crippen LogP contribution in [0.3, 0.4) is 0 Å². The van der Waals surface area contributed by atoms with Gasteiger partial charge in [0.25, 0.3) is 0 Å². The molecule has 1 aliphatic carbocycles. The number of carbonyl (C=O) groups is 2. The molecule has 3 aliphatic rings. The molecule has 4 rings (SSSR count). The number of fused-ring (bicyclic) bond motifs is 2. The number of nitrogens with zero attached hydrogens (tertiary/aromatic N) is 1. The fourth-order valence-electron chi connectivity index (χ4n) is 3.88. The monoisotopic (exact) mass is 268 g/mol. The van der Waals surface area contributed by atoms with Crippen LogP contribution in [0.2, 0.25) is 0 Å². The number of likely N-dealkylation sites (N-methyl/N-ethyl adjacent to an activating group) is 1. The number of hydrogen-bond acceptors (Lipinski definition) is 3. The van der Waals surface area contributed by atoms with E-state index in [1.807, 2.05) is 32.2 Å². The Balaban J connectivity index is 2.02. The Kier molecular flexibility index (Phi) is 2.12. The van der Waals surface area contributed by atoms with E-state index in [1.54, 1.807) is 6.08 Å². The number of nitrogens with one attached hydrogen (secondary N) is 1. The lowest BCUT2D eigenvalue weighted by Gasteiger charge is -2.42. The Hall–Kier alpha value is -1.94. The van der Waals surface area contributed by atoms with Crippen LogP contribution in [0.5, 0.6) is 0 Å². The Bertz CT molecular complexity index is 692. The zero-order chi connectivity index (χ0) is 14.1. The number of benzene rings is 1. The molecular formula is C16H16N2O2. The first kappa shape index (κ1) is 11.9. The van der Waals surface area contributed by atoms with Gasteiger partial charge < -0.3 is 5.32 Å². The average Bonchev–Trinajstić information content (AvgIpc) is 2.65. The normalized spacial score (nSPS) is 31.5. The minimum atomic E-state index is -0.484. The highest BCUT2D eigenvalue weighted by Crippen LogP contribution is 2.51. The minimum Gasteiger partial charge on any atom is -0.325 e. The van der Waals surface area contributed by atoms with Crippen LogP contribution in [-0.2, 0) is 15.0 Å². The maximum atomic E-state index is 12.4. The molecule has 2 heterocycles. The minimum absolute atomic E-state index is 0.0734. The van der Waals surface area contributed by atoms with Crippen LogP contribution in [0.25, 0.3) is 5.57 Å². The molecule has 20 heavy (non-hydrogen) atoms. The van der Waals surface area contributed by atoms with Crippen molar-refractivity contribution in [2.24, 2.45) is 0 Å². The van der Waals surface area contributed by atoms with E-state index in [2.05, 4.69) is 10.2 Å². The molecule has 1 aromatic rings. The van der Waals surface area contributed by atoms with Crippen molar-refractivity contribution >= 4 is 23.0 Å². The van der Waals surface area contributed by atoms with Crippen molar-refractivity contribution in [2.75, 3.05) is 18.9 Å². The SMILES string of the molecule is CN1CC(=O)C=C2c3cccc4c3[C@](C)(C[C@H]21)C(=O)N4. The summed E-state index contributed by atoms with van der Waals surface area (Å²) in [5.41, 5.74) is 3.60. The van der Waals surface area contributed by atoms with Gasteiger partial charge in [-0.25, -0.2) is 0 Å². The molecule has 0 spiro atoms. The third kappa shape index (κ3) is 1.29. The smallest absolute Gasteiger partial charge is 0.234 e. The average molecular weight is 268 g/mol. The highest BCUT2D eigenvalue weighted by Gasteiger charge is 2.51. The van der Waals surface area contributed by atoms with Gasteiger partial charge >= 0.3 is 0 Å². The number of carbonyl (C=O) groups excluding carboxylic acids is 2. The standard InChI is InChI=1S/C16H16N2O2/c1-16-7-13-11(6-9(19)8-18(13)2)10-4-3-5-12(14(10)16)17-15(16)20/h3-6,13H,7-8H2,1-2H3,(H,17,20)/t13-,16+/m1/s1. The summed E-state index contributed by atoms with van der Waals surface area (Å²) in [4.78, 5) is 26.3. The Morgan fingerprint density at radius 1 is 1.35 bits per heavy atom. The molecule has 102 valence electrons. The second kappa shape index (κ2) is 3.58. The van der Waals surface area contributed by atoms with Crippen molar-refractivity contribution < 1.29 is 9.59 Å². The first-order valence-corrected chi connectivity index (χ1v) is 6.91. The van der Waals surface area contributed by atoms with Gasteiger partial charge in [-0.05, 0) is 49.2 Å². The summed E-state index contributed by atoms with van der Waals surface area (Å²) in [6.45, 7) is 2.44. The third-order valence-corrected chi connectivity index (χ3v) is 4.89. The van der Waals surface area contributed by atoms with Crippen LogP contribution < -0.4 is 5.32 Å². The van der Waals surface area contributed by atoms with E-state index in [4.69, 9.17) is 0 Å². The maximum Gasteiger partial charge on any atom is 0.234 e. The van der Waals surface area contributed by atoms with Crippen molar-refractivity contribution in [3.63, 3.8) is 0 Å². The summed E-state index contributed by atoms with van der Waals surface area (Å²) < 4.78 is 0. The van der Waals surface area contributed by atoms with Gasteiger partial charge in [-0.1, -0.05) is 12.1 Å². The molecule has 0 aromatic heterocycles. The van der Waals surface area contributed by atoms with Gasteiger partial charge in [0.1, 0.15) is 0 Å². The van der Waals surface area contributed by atoms with Crippen LogP contribution in [-0.4, -0.2) is 36.2 Å². The van der Waals surface area contributed by atoms with Gasteiger partial charge in [0.15, 0.2) is 5.78 Å². The van der Waals surface area contributed by atoms with Gasteiger partial charge in [-0.3, -0.25) is 14.5 Å². The lowest BCUT2D eigenvalue weighted by molar-refractivity contribution is -0.121. The summed E-state index contributed by atoms with van der Waals surface area (Å²) in [5, 5.41) is 2.99. The number of hydrogen-bond donors (Lipinski definition) is 1. The van der Waals surface area contributed by atoms with Gasteiger partial charge in [0.05, 0.1) is 12.0 Å². The van der Waals surface area contributed by atoms with Crippen molar-refractivity contribution in [3.8, 4) is 0 Å². The molecule has 0 saturated heterocycles. The van der Waals surface area contributed by atoms with E-state index in [9.17, 15) is 9.59 Å². The lowest BCUT2D eigenvalue weighted by atomic mass is 9.67. The van der Waals surface area contributed by atoms with Crippen LogP contribution in [0.4, 0.5) is 5.69 Å². The fourth-order valence-corrected chi connectivity index (χ4v) is 3.88. The Morgan fingerprint density at radius 2 is 2.15 bits per heavy atom. The molecule has 0 bridgehead atoms. The van der Waals surface area contributed by atoms with Crippen LogP contribution in [0.1, 0.15) is 24.5 Å². The third-order valence-electron chi connectivity index (χ3n) is 4.89. The first-order valence-electron chi connectivity index (χ1n) is 6.91. The molecule has 2 atom stereocenters. The van der Waals surface area contributed by atoms with E-state index >= 15 is 0 Å². The van der Waals surface area contributed by atoms with Gasteiger partial charge in [0.2, 0.25) is 5.91 Å². The predicted molar refractivity (Wildman–Crippen MR) is 76.4 cm³/mol. The summed E-state index contributed by atoms with van der Waals surface area (Å²) in [5.74, 6) is 0.210. The molecule has 1 aromatic carbocycles. The number of ketones is 1. The highest BCUT2D eigenvalue weighted by molar-refractivity contribution is 6.11. The molecule has 0 radical (unpaired) electrons. The molecule has 4 heteroatoms. The zero-order valence-corrected chi connectivity index (χ0v) is 11.6. The predicted octanol–water partition coefficient (Wildman–Crippen LogP) is 1.57. The summed E-state index contributed by atoms with van der Waals surface area (Å²) in [7, 11) is 1.96. The van der Waals surface area contributed by atoms with Gasteiger partial charge in [-0.2, -0.15) is 0 Å².